The average Bonchev–Trinajstić information content (AvgIpc) is 2.70. The molecular formula is C10H11ClN2O6S. The summed E-state index contributed by atoms with van der Waals surface area (Å²) in [5, 5.41) is 29.3. The zero-order valence-electron chi connectivity index (χ0n) is 10.0. The summed E-state index contributed by atoms with van der Waals surface area (Å²) >= 11 is 5.78. The van der Waals surface area contributed by atoms with E-state index in [9.17, 15) is 28.7 Å². The van der Waals surface area contributed by atoms with Crippen LogP contribution in [0.4, 0.5) is 5.69 Å². The number of rotatable bonds is 3. The molecule has 0 amide bonds. The van der Waals surface area contributed by atoms with Crippen LogP contribution in [0.5, 0.6) is 0 Å². The van der Waals surface area contributed by atoms with E-state index in [-0.39, 0.29) is 18.1 Å². The van der Waals surface area contributed by atoms with Crippen LogP contribution in [0.2, 0.25) is 5.02 Å². The van der Waals surface area contributed by atoms with Gasteiger partial charge in [0.1, 0.15) is 4.90 Å². The van der Waals surface area contributed by atoms with Gasteiger partial charge in [-0.1, -0.05) is 11.6 Å². The van der Waals surface area contributed by atoms with Crippen molar-refractivity contribution in [3.05, 3.63) is 33.3 Å². The summed E-state index contributed by atoms with van der Waals surface area (Å²) in [5.74, 6) is 0. The Morgan fingerprint density at radius 3 is 2.35 bits per heavy atom. The molecule has 2 unspecified atom stereocenters. The molecule has 1 aromatic carbocycles. The van der Waals surface area contributed by atoms with E-state index in [4.69, 9.17) is 11.6 Å². The highest BCUT2D eigenvalue weighted by molar-refractivity contribution is 7.89. The highest BCUT2D eigenvalue weighted by atomic mass is 35.5. The van der Waals surface area contributed by atoms with Crippen molar-refractivity contribution in [2.75, 3.05) is 13.1 Å². The van der Waals surface area contributed by atoms with Gasteiger partial charge in [-0.25, -0.2) is 8.42 Å². The summed E-state index contributed by atoms with van der Waals surface area (Å²) in [6, 6.07) is 3.07. The van der Waals surface area contributed by atoms with E-state index in [1.807, 2.05) is 0 Å². The molecule has 0 bridgehead atoms. The van der Waals surface area contributed by atoms with Gasteiger partial charge in [0.2, 0.25) is 10.0 Å². The molecule has 8 nitrogen and oxygen atoms in total. The zero-order chi connectivity index (χ0) is 15.1. The van der Waals surface area contributed by atoms with Crippen molar-refractivity contribution in [2.24, 2.45) is 0 Å². The number of β-amino-alcohol motifs (C(OH)–C–C–N with tert-alkyl or cyclic N) is 2. The van der Waals surface area contributed by atoms with E-state index in [0.717, 1.165) is 22.5 Å². The molecular weight excluding hydrogens is 312 g/mol. The van der Waals surface area contributed by atoms with Gasteiger partial charge in [0.15, 0.2) is 0 Å². The molecule has 0 aliphatic carbocycles. The van der Waals surface area contributed by atoms with Crippen molar-refractivity contribution in [1.82, 2.24) is 4.31 Å². The lowest BCUT2D eigenvalue weighted by atomic mass is 10.3. The Labute approximate surface area is 119 Å². The van der Waals surface area contributed by atoms with Gasteiger partial charge in [-0.3, -0.25) is 10.1 Å². The third kappa shape index (κ3) is 2.63. The lowest BCUT2D eigenvalue weighted by Crippen LogP contribution is -2.30. The number of nitro benzene ring substituents is 1. The molecule has 1 aliphatic heterocycles. The second kappa shape index (κ2) is 5.26. The number of hydrogen-bond donors (Lipinski definition) is 2. The quantitative estimate of drug-likeness (QED) is 0.595. The summed E-state index contributed by atoms with van der Waals surface area (Å²) in [6.45, 7) is -0.578. The molecule has 1 saturated heterocycles. The Kier molecular flexibility index (Phi) is 3.98. The van der Waals surface area contributed by atoms with E-state index in [0.29, 0.717) is 0 Å². The van der Waals surface area contributed by atoms with Crippen LogP contribution in [0.1, 0.15) is 0 Å². The van der Waals surface area contributed by atoms with E-state index in [2.05, 4.69) is 0 Å². The number of halogens is 1. The topological polar surface area (TPSA) is 121 Å². The first-order valence-corrected chi connectivity index (χ1v) is 7.35. The van der Waals surface area contributed by atoms with Gasteiger partial charge < -0.3 is 10.2 Å². The number of benzene rings is 1. The van der Waals surface area contributed by atoms with Gasteiger partial charge in [0, 0.05) is 25.2 Å². The number of aliphatic hydroxyl groups is 2. The fourth-order valence-electron chi connectivity index (χ4n) is 1.87. The lowest BCUT2D eigenvalue weighted by molar-refractivity contribution is -0.385. The van der Waals surface area contributed by atoms with E-state index >= 15 is 0 Å². The Morgan fingerprint density at radius 1 is 1.30 bits per heavy atom. The highest BCUT2D eigenvalue weighted by Crippen LogP contribution is 2.30. The molecule has 2 rings (SSSR count). The predicted octanol–water partition coefficient (Wildman–Crippen LogP) is -0.0257. The highest BCUT2D eigenvalue weighted by Gasteiger charge is 2.38. The normalized spacial score (nSPS) is 23.9. The number of nitrogens with zero attached hydrogens (tertiary/aromatic N) is 2. The third-order valence-electron chi connectivity index (χ3n) is 2.97. The maximum absolute atomic E-state index is 12.3. The molecule has 2 N–H and O–H groups in total. The van der Waals surface area contributed by atoms with Gasteiger partial charge in [0.25, 0.3) is 5.69 Å². The van der Waals surface area contributed by atoms with Crippen LogP contribution in [-0.2, 0) is 10.0 Å². The van der Waals surface area contributed by atoms with Gasteiger partial charge in [-0.05, 0) is 6.07 Å². The standard InChI is InChI=1S/C10H11ClN2O6S/c11-7-2-1-6(13(16)17)3-10(7)20(18,19)12-4-8(14)9(15)5-12/h1-3,8-9,14-15H,4-5H2. The molecule has 0 aromatic heterocycles. The lowest BCUT2D eigenvalue weighted by Gasteiger charge is -2.16. The largest absolute Gasteiger partial charge is 0.389 e. The third-order valence-corrected chi connectivity index (χ3v) is 5.28. The van der Waals surface area contributed by atoms with Crippen LogP contribution < -0.4 is 0 Å². The number of nitro groups is 1. The molecule has 0 spiro atoms. The summed E-state index contributed by atoms with van der Waals surface area (Å²) in [4.78, 5) is 9.54. The average molecular weight is 323 g/mol. The van der Waals surface area contributed by atoms with Crippen molar-refractivity contribution in [3.8, 4) is 0 Å². The molecule has 2 atom stereocenters. The van der Waals surface area contributed by atoms with Gasteiger partial charge in [0.05, 0.1) is 22.2 Å². The first-order valence-electron chi connectivity index (χ1n) is 5.53. The van der Waals surface area contributed by atoms with E-state index in [1.54, 1.807) is 0 Å². The first-order chi connectivity index (χ1) is 9.23. The molecule has 1 aliphatic rings. The minimum absolute atomic E-state index is 0.161. The Balaban J connectivity index is 2.44. The summed E-state index contributed by atoms with van der Waals surface area (Å²) in [7, 11) is -4.11. The van der Waals surface area contributed by atoms with Crippen molar-refractivity contribution in [2.45, 2.75) is 17.1 Å². The smallest absolute Gasteiger partial charge is 0.270 e. The number of hydrogen-bond acceptors (Lipinski definition) is 6. The number of non-ortho nitro benzene ring substituents is 1. The Bertz CT molecular complexity index is 639. The minimum Gasteiger partial charge on any atom is -0.389 e. The van der Waals surface area contributed by atoms with Crippen molar-refractivity contribution >= 4 is 27.3 Å². The molecule has 1 fully saturated rings. The Morgan fingerprint density at radius 2 is 1.85 bits per heavy atom. The predicted molar refractivity (Wildman–Crippen MR) is 68.9 cm³/mol. The summed E-state index contributed by atoms with van der Waals surface area (Å²) in [6.07, 6.45) is -2.38. The van der Waals surface area contributed by atoms with Crippen LogP contribution in [0.3, 0.4) is 0 Å². The molecule has 1 heterocycles. The molecule has 1 aromatic rings. The van der Waals surface area contributed by atoms with Crippen LogP contribution in [0.15, 0.2) is 23.1 Å². The molecule has 0 radical (unpaired) electrons. The molecule has 0 saturated carbocycles. The molecule has 110 valence electrons. The van der Waals surface area contributed by atoms with E-state index in [1.165, 1.54) is 0 Å². The minimum atomic E-state index is -4.11. The van der Waals surface area contributed by atoms with Crippen molar-refractivity contribution in [3.63, 3.8) is 0 Å². The van der Waals surface area contributed by atoms with Crippen LogP contribution >= 0.6 is 11.6 Å². The van der Waals surface area contributed by atoms with Gasteiger partial charge in [-0.15, -0.1) is 0 Å². The fraction of sp³-hybridized carbons (Fsp3) is 0.400. The Hall–Kier alpha value is -1.26. The van der Waals surface area contributed by atoms with Gasteiger partial charge in [-0.2, -0.15) is 4.31 Å². The maximum Gasteiger partial charge on any atom is 0.270 e. The van der Waals surface area contributed by atoms with E-state index < -0.39 is 37.7 Å². The van der Waals surface area contributed by atoms with Crippen LogP contribution in [0.25, 0.3) is 0 Å². The second-order valence-electron chi connectivity index (χ2n) is 4.33. The molecule has 10 heteroatoms. The summed E-state index contributed by atoms with van der Waals surface area (Å²) in [5.41, 5.74) is -0.409. The number of aliphatic hydroxyl groups excluding tert-OH is 2. The monoisotopic (exact) mass is 322 g/mol. The zero-order valence-corrected chi connectivity index (χ0v) is 11.6. The van der Waals surface area contributed by atoms with Crippen LogP contribution in [-0.4, -0.2) is 53.2 Å². The second-order valence-corrected chi connectivity index (χ2v) is 6.64. The summed E-state index contributed by atoms with van der Waals surface area (Å²) < 4.78 is 25.5. The fourth-order valence-corrected chi connectivity index (χ4v) is 3.84. The first kappa shape index (κ1) is 15.1. The van der Waals surface area contributed by atoms with Crippen molar-refractivity contribution < 1.29 is 23.6 Å². The van der Waals surface area contributed by atoms with Crippen molar-refractivity contribution in [1.29, 1.82) is 0 Å². The number of sulfonamides is 1. The SMILES string of the molecule is O=[N+]([O-])c1ccc(Cl)c(S(=O)(=O)N2CC(O)C(O)C2)c1. The molecule has 20 heavy (non-hydrogen) atoms. The van der Waals surface area contributed by atoms with Gasteiger partial charge >= 0.3 is 0 Å². The maximum atomic E-state index is 12.3. The van der Waals surface area contributed by atoms with Crippen LogP contribution in [0, 0.1) is 10.1 Å².